The van der Waals surface area contributed by atoms with Gasteiger partial charge in [0.25, 0.3) is 11.6 Å². The molecule has 0 bridgehead atoms. The molecule has 0 aromatic heterocycles. The first-order valence-electron chi connectivity index (χ1n) is 8.74. The van der Waals surface area contributed by atoms with Crippen molar-refractivity contribution in [2.45, 2.75) is 39.3 Å². The molecule has 2 aromatic carbocycles. The van der Waals surface area contributed by atoms with Crippen LogP contribution in [0.15, 0.2) is 48.5 Å². The third-order valence-corrected chi connectivity index (χ3v) is 4.26. The molecular weight excluding hydrogens is 346 g/mol. The van der Waals surface area contributed by atoms with Gasteiger partial charge < -0.3 is 10.6 Å². The first-order valence-corrected chi connectivity index (χ1v) is 8.74. The summed E-state index contributed by atoms with van der Waals surface area (Å²) in [7, 11) is 0. The highest BCUT2D eigenvalue weighted by Gasteiger charge is 2.21. The molecule has 2 unspecified atom stereocenters. The number of nitro benzene ring substituents is 1. The molecule has 2 aromatic rings. The number of rotatable bonds is 7. The predicted molar refractivity (Wildman–Crippen MR) is 102 cm³/mol. The fraction of sp³-hybridized carbons (Fsp3) is 0.300. The number of hydrogen-bond acceptors (Lipinski definition) is 4. The Morgan fingerprint density at radius 1 is 1.11 bits per heavy atom. The molecule has 0 spiro atoms. The highest BCUT2D eigenvalue weighted by Crippen LogP contribution is 2.17. The van der Waals surface area contributed by atoms with Gasteiger partial charge in [0.15, 0.2) is 0 Å². The van der Waals surface area contributed by atoms with Crippen molar-refractivity contribution >= 4 is 17.5 Å². The quantitative estimate of drug-likeness (QED) is 0.577. The van der Waals surface area contributed by atoms with E-state index in [1.165, 1.54) is 24.3 Å². The van der Waals surface area contributed by atoms with E-state index in [1.807, 2.05) is 38.1 Å². The zero-order valence-corrected chi connectivity index (χ0v) is 15.6. The van der Waals surface area contributed by atoms with E-state index in [0.29, 0.717) is 6.42 Å². The van der Waals surface area contributed by atoms with Crippen LogP contribution in [-0.4, -0.2) is 22.8 Å². The average Bonchev–Trinajstić information content (AvgIpc) is 2.66. The van der Waals surface area contributed by atoms with Gasteiger partial charge >= 0.3 is 0 Å². The highest BCUT2D eigenvalue weighted by molar-refractivity contribution is 5.97. The van der Waals surface area contributed by atoms with E-state index in [4.69, 9.17) is 0 Å². The van der Waals surface area contributed by atoms with Gasteiger partial charge in [-0.25, -0.2) is 0 Å². The number of non-ortho nitro benzene ring substituents is 1. The summed E-state index contributed by atoms with van der Waals surface area (Å²) in [5.74, 6) is -0.856. The Hall–Kier alpha value is -3.22. The van der Waals surface area contributed by atoms with E-state index >= 15 is 0 Å². The number of aryl methyl sites for hydroxylation is 1. The van der Waals surface area contributed by atoms with Gasteiger partial charge in [-0.1, -0.05) is 42.8 Å². The first-order chi connectivity index (χ1) is 12.8. The van der Waals surface area contributed by atoms with E-state index in [9.17, 15) is 19.7 Å². The third kappa shape index (κ3) is 5.37. The van der Waals surface area contributed by atoms with Crippen LogP contribution in [0.4, 0.5) is 5.69 Å². The van der Waals surface area contributed by atoms with E-state index in [1.54, 1.807) is 6.92 Å². The minimum Gasteiger partial charge on any atom is -0.348 e. The second-order valence-electron chi connectivity index (χ2n) is 6.38. The topological polar surface area (TPSA) is 101 Å². The summed E-state index contributed by atoms with van der Waals surface area (Å²) in [5.41, 5.74) is 2.09. The number of amides is 2. The summed E-state index contributed by atoms with van der Waals surface area (Å²) in [6.45, 7) is 5.54. The SMILES string of the molecule is CCC(NC(=O)C(C)NC(=O)c1cccc([N+](=O)[O-])c1)c1ccc(C)cc1. The molecule has 0 aliphatic rings. The predicted octanol–water partition coefficient (Wildman–Crippen LogP) is 3.29. The van der Waals surface area contributed by atoms with Crippen molar-refractivity contribution in [3.63, 3.8) is 0 Å². The van der Waals surface area contributed by atoms with Crippen LogP contribution in [0.25, 0.3) is 0 Å². The number of nitrogens with zero attached hydrogens (tertiary/aromatic N) is 1. The maximum atomic E-state index is 12.5. The Morgan fingerprint density at radius 3 is 2.37 bits per heavy atom. The summed E-state index contributed by atoms with van der Waals surface area (Å²) in [4.78, 5) is 35.0. The normalized spacial score (nSPS) is 12.7. The van der Waals surface area contributed by atoms with Crippen LogP contribution in [0.1, 0.15) is 47.8 Å². The minimum atomic E-state index is -0.781. The molecule has 2 amide bonds. The number of nitro groups is 1. The first kappa shape index (κ1) is 20.1. The number of carbonyl (C=O) groups is 2. The van der Waals surface area contributed by atoms with Gasteiger partial charge in [0.2, 0.25) is 5.91 Å². The average molecular weight is 369 g/mol. The van der Waals surface area contributed by atoms with Gasteiger partial charge in [-0.3, -0.25) is 19.7 Å². The lowest BCUT2D eigenvalue weighted by Crippen LogP contribution is -2.45. The van der Waals surface area contributed by atoms with Gasteiger partial charge in [0.1, 0.15) is 6.04 Å². The molecule has 2 atom stereocenters. The molecule has 0 aliphatic heterocycles. The summed E-state index contributed by atoms with van der Waals surface area (Å²) >= 11 is 0. The van der Waals surface area contributed by atoms with Gasteiger partial charge in [-0.2, -0.15) is 0 Å². The molecule has 2 rings (SSSR count). The van der Waals surface area contributed by atoms with E-state index in [2.05, 4.69) is 10.6 Å². The largest absolute Gasteiger partial charge is 0.348 e. The number of benzene rings is 2. The molecule has 142 valence electrons. The third-order valence-electron chi connectivity index (χ3n) is 4.26. The standard InChI is InChI=1S/C20H23N3O4/c1-4-18(15-10-8-13(2)9-11-15)22-19(24)14(3)21-20(25)16-6-5-7-17(12-16)23(26)27/h5-12,14,18H,4H2,1-3H3,(H,21,25)(H,22,24). The smallest absolute Gasteiger partial charge is 0.270 e. The van der Waals surface area contributed by atoms with Crippen molar-refractivity contribution in [3.8, 4) is 0 Å². The monoisotopic (exact) mass is 369 g/mol. The van der Waals surface area contributed by atoms with Crippen LogP contribution < -0.4 is 10.6 Å². The van der Waals surface area contributed by atoms with Gasteiger partial charge in [-0.15, -0.1) is 0 Å². The Balaban J connectivity index is 2.01. The summed E-state index contributed by atoms with van der Waals surface area (Å²) < 4.78 is 0. The summed E-state index contributed by atoms with van der Waals surface area (Å²) in [6, 6.07) is 12.4. The Labute approximate surface area is 157 Å². The number of carbonyl (C=O) groups excluding carboxylic acids is 2. The van der Waals surface area contributed by atoms with Crippen molar-refractivity contribution in [3.05, 3.63) is 75.3 Å². The van der Waals surface area contributed by atoms with Crippen LogP contribution in [0.3, 0.4) is 0 Å². The fourth-order valence-corrected chi connectivity index (χ4v) is 2.62. The number of nitrogens with one attached hydrogen (secondary N) is 2. The van der Waals surface area contributed by atoms with Crippen LogP contribution in [0.5, 0.6) is 0 Å². The second kappa shape index (κ2) is 8.93. The Morgan fingerprint density at radius 2 is 1.78 bits per heavy atom. The lowest BCUT2D eigenvalue weighted by Gasteiger charge is -2.21. The van der Waals surface area contributed by atoms with Gasteiger partial charge in [0.05, 0.1) is 11.0 Å². The van der Waals surface area contributed by atoms with Crippen molar-refractivity contribution in [2.75, 3.05) is 0 Å². The molecule has 0 saturated carbocycles. The number of hydrogen-bond donors (Lipinski definition) is 2. The molecule has 27 heavy (non-hydrogen) atoms. The van der Waals surface area contributed by atoms with Crippen LogP contribution >= 0.6 is 0 Å². The molecule has 7 nitrogen and oxygen atoms in total. The van der Waals surface area contributed by atoms with E-state index in [0.717, 1.165) is 11.1 Å². The summed E-state index contributed by atoms with van der Waals surface area (Å²) in [5, 5.41) is 16.3. The minimum absolute atomic E-state index is 0.134. The maximum absolute atomic E-state index is 12.5. The van der Waals surface area contributed by atoms with E-state index in [-0.39, 0.29) is 23.2 Å². The van der Waals surface area contributed by atoms with Gasteiger partial charge in [0, 0.05) is 17.7 Å². The second-order valence-corrected chi connectivity index (χ2v) is 6.38. The van der Waals surface area contributed by atoms with Crippen molar-refractivity contribution in [1.29, 1.82) is 0 Å². The molecule has 7 heteroatoms. The van der Waals surface area contributed by atoms with Crippen molar-refractivity contribution < 1.29 is 14.5 Å². The van der Waals surface area contributed by atoms with Crippen LogP contribution in [-0.2, 0) is 4.79 Å². The molecule has 2 N–H and O–H groups in total. The van der Waals surface area contributed by atoms with Crippen LogP contribution in [0.2, 0.25) is 0 Å². The maximum Gasteiger partial charge on any atom is 0.270 e. The Bertz CT molecular complexity index is 833. The molecular formula is C20H23N3O4. The van der Waals surface area contributed by atoms with Crippen LogP contribution in [0, 0.1) is 17.0 Å². The zero-order valence-electron chi connectivity index (χ0n) is 15.6. The van der Waals surface area contributed by atoms with Crippen molar-refractivity contribution in [1.82, 2.24) is 10.6 Å². The zero-order chi connectivity index (χ0) is 20.0. The lowest BCUT2D eigenvalue weighted by molar-refractivity contribution is -0.384. The molecule has 0 heterocycles. The van der Waals surface area contributed by atoms with Gasteiger partial charge in [-0.05, 0) is 31.9 Å². The Kier molecular flexibility index (Phi) is 6.65. The molecule has 0 fully saturated rings. The van der Waals surface area contributed by atoms with E-state index < -0.39 is 16.9 Å². The summed E-state index contributed by atoms with van der Waals surface area (Å²) in [6.07, 6.45) is 0.709. The molecule has 0 aliphatic carbocycles. The molecule has 0 saturated heterocycles. The highest BCUT2D eigenvalue weighted by atomic mass is 16.6. The lowest BCUT2D eigenvalue weighted by atomic mass is 10.0. The fourth-order valence-electron chi connectivity index (χ4n) is 2.62. The molecule has 0 radical (unpaired) electrons. The van der Waals surface area contributed by atoms with Crippen molar-refractivity contribution in [2.24, 2.45) is 0 Å².